The van der Waals surface area contributed by atoms with Gasteiger partial charge in [-0.2, -0.15) is 4.99 Å². The Labute approximate surface area is 98.1 Å². The Morgan fingerprint density at radius 2 is 2.00 bits per heavy atom. The molecule has 0 radical (unpaired) electrons. The summed E-state index contributed by atoms with van der Waals surface area (Å²) in [5.74, 6) is -1.06. The number of benzene rings is 1. The summed E-state index contributed by atoms with van der Waals surface area (Å²) in [6.07, 6.45) is -1.18. The minimum atomic E-state index is -1.18. The third kappa shape index (κ3) is 2.50. The number of nitrogens with zero attached hydrogens (tertiary/aromatic N) is 1. The van der Waals surface area contributed by atoms with Crippen LogP contribution < -0.4 is 0 Å². The van der Waals surface area contributed by atoms with Crippen molar-refractivity contribution in [1.29, 1.82) is 0 Å². The second-order valence-electron chi connectivity index (χ2n) is 3.68. The summed E-state index contributed by atoms with van der Waals surface area (Å²) in [4.78, 5) is 26.0. The van der Waals surface area contributed by atoms with Crippen LogP contribution in [0, 0.1) is 6.92 Å². The molecule has 0 aromatic heterocycles. The minimum Gasteiger partial charge on any atom is -0.428 e. The van der Waals surface area contributed by atoms with E-state index in [2.05, 4.69) is 4.99 Å². The van der Waals surface area contributed by atoms with Gasteiger partial charge in [-0.05, 0) is 19.1 Å². The van der Waals surface area contributed by atoms with Gasteiger partial charge in [0, 0.05) is 12.5 Å². The van der Waals surface area contributed by atoms with Gasteiger partial charge >= 0.3 is 11.9 Å². The Bertz CT molecular complexity index is 490. The molecule has 0 spiro atoms. The van der Waals surface area contributed by atoms with Crippen LogP contribution in [-0.2, 0) is 19.1 Å². The molecule has 5 heteroatoms. The predicted molar refractivity (Wildman–Crippen MR) is 59.4 cm³/mol. The molecule has 1 aliphatic heterocycles. The Kier molecular flexibility index (Phi) is 2.91. The van der Waals surface area contributed by atoms with Gasteiger partial charge in [-0.15, -0.1) is 0 Å². The van der Waals surface area contributed by atoms with Gasteiger partial charge in [0.15, 0.2) is 0 Å². The maximum Gasteiger partial charge on any atom is 0.378 e. The fraction of sp³-hybridized carbons (Fsp3) is 0.250. The molecular weight excluding hydrogens is 222 g/mol. The summed E-state index contributed by atoms with van der Waals surface area (Å²) in [5.41, 5.74) is 1.77. The van der Waals surface area contributed by atoms with Crippen molar-refractivity contribution in [3.05, 3.63) is 35.4 Å². The van der Waals surface area contributed by atoms with Crippen molar-refractivity contribution >= 4 is 17.8 Å². The number of cyclic esters (lactones) is 1. The smallest absolute Gasteiger partial charge is 0.378 e. The lowest BCUT2D eigenvalue weighted by Gasteiger charge is -2.01. The van der Waals surface area contributed by atoms with Crippen LogP contribution in [-0.4, -0.2) is 24.1 Å². The molecule has 88 valence electrons. The van der Waals surface area contributed by atoms with Gasteiger partial charge in [0.1, 0.15) is 0 Å². The van der Waals surface area contributed by atoms with Gasteiger partial charge in [-0.1, -0.05) is 17.7 Å². The number of ether oxygens (including phenoxy) is 2. The molecule has 2 rings (SSSR count). The van der Waals surface area contributed by atoms with Crippen molar-refractivity contribution in [2.24, 2.45) is 4.99 Å². The van der Waals surface area contributed by atoms with Crippen molar-refractivity contribution in [1.82, 2.24) is 0 Å². The number of carbonyl (C=O) groups is 2. The van der Waals surface area contributed by atoms with Crippen LogP contribution in [0.15, 0.2) is 29.3 Å². The van der Waals surface area contributed by atoms with Crippen LogP contribution in [0.1, 0.15) is 18.1 Å². The average Bonchev–Trinajstić information content (AvgIpc) is 2.60. The van der Waals surface area contributed by atoms with Crippen LogP contribution in [0.5, 0.6) is 0 Å². The number of aryl methyl sites for hydroxylation is 1. The third-order valence-corrected chi connectivity index (χ3v) is 2.21. The quantitative estimate of drug-likeness (QED) is 0.719. The maximum atomic E-state index is 11.3. The van der Waals surface area contributed by atoms with Crippen LogP contribution in [0.25, 0.3) is 0 Å². The SMILES string of the molecule is CC(=O)OC1N=C(c2ccc(C)cc2)OC1=O. The summed E-state index contributed by atoms with van der Waals surface area (Å²) < 4.78 is 9.63. The van der Waals surface area contributed by atoms with Crippen molar-refractivity contribution < 1.29 is 19.1 Å². The molecule has 1 unspecified atom stereocenters. The monoisotopic (exact) mass is 233 g/mol. The molecule has 0 fully saturated rings. The Hall–Kier alpha value is -2.17. The van der Waals surface area contributed by atoms with Gasteiger partial charge < -0.3 is 9.47 Å². The van der Waals surface area contributed by atoms with E-state index in [-0.39, 0.29) is 5.90 Å². The number of hydrogen-bond donors (Lipinski definition) is 0. The van der Waals surface area contributed by atoms with Gasteiger partial charge in [0.2, 0.25) is 5.90 Å². The molecule has 0 saturated carbocycles. The molecule has 1 atom stereocenters. The molecule has 5 nitrogen and oxygen atoms in total. The van der Waals surface area contributed by atoms with Crippen molar-refractivity contribution in [2.75, 3.05) is 0 Å². The van der Waals surface area contributed by atoms with Gasteiger partial charge in [-0.25, -0.2) is 4.79 Å². The highest BCUT2D eigenvalue weighted by molar-refractivity contribution is 6.06. The van der Waals surface area contributed by atoms with E-state index in [0.717, 1.165) is 5.56 Å². The first kappa shape index (κ1) is 11.3. The van der Waals surface area contributed by atoms with Crippen LogP contribution in [0.2, 0.25) is 0 Å². The number of carbonyl (C=O) groups excluding carboxylic acids is 2. The number of hydrogen-bond acceptors (Lipinski definition) is 5. The molecule has 1 heterocycles. The van der Waals surface area contributed by atoms with Crippen LogP contribution >= 0.6 is 0 Å². The summed E-state index contributed by atoms with van der Waals surface area (Å²) >= 11 is 0. The molecule has 0 bridgehead atoms. The highest BCUT2D eigenvalue weighted by Gasteiger charge is 2.32. The molecule has 1 aromatic rings. The normalized spacial score (nSPS) is 18.6. The number of esters is 2. The van der Waals surface area contributed by atoms with Crippen LogP contribution in [0.4, 0.5) is 0 Å². The second-order valence-corrected chi connectivity index (χ2v) is 3.68. The molecule has 0 N–H and O–H groups in total. The maximum absolute atomic E-state index is 11.3. The minimum absolute atomic E-state index is 0.182. The van der Waals surface area contributed by atoms with Crippen molar-refractivity contribution in [3.63, 3.8) is 0 Å². The van der Waals surface area contributed by atoms with E-state index >= 15 is 0 Å². The molecule has 17 heavy (non-hydrogen) atoms. The first-order valence-electron chi connectivity index (χ1n) is 5.10. The first-order chi connectivity index (χ1) is 8.06. The molecule has 0 aliphatic carbocycles. The zero-order chi connectivity index (χ0) is 12.4. The second kappa shape index (κ2) is 4.37. The van der Waals surface area contributed by atoms with E-state index in [1.165, 1.54) is 6.92 Å². The lowest BCUT2D eigenvalue weighted by atomic mass is 10.1. The van der Waals surface area contributed by atoms with Gasteiger partial charge in [-0.3, -0.25) is 4.79 Å². The number of aliphatic imine (C=N–C) groups is 1. The van der Waals surface area contributed by atoms with E-state index in [0.29, 0.717) is 5.56 Å². The Morgan fingerprint density at radius 3 is 2.59 bits per heavy atom. The molecular formula is C12H11NO4. The number of rotatable bonds is 2. The van der Waals surface area contributed by atoms with E-state index in [4.69, 9.17) is 9.47 Å². The fourth-order valence-electron chi connectivity index (χ4n) is 1.39. The zero-order valence-corrected chi connectivity index (χ0v) is 9.47. The topological polar surface area (TPSA) is 65.0 Å². The van der Waals surface area contributed by atoms with Gasteiger partial charge in [0.05, 0.1) is 0 Å². The van der Waals surface area contributed by atoms with Crippen molar-refractivity contribution in [2.45, 2.75) is 20.1 Å². The predicted octanol–water partition coefficient (Wildman–Crippen LogP) is 1.19. The first-order valence-corrected chi connectivity index (χ1v) is 5.10. The zero-order valence-electron chi connectivity index (χ0n) is 9.47. The summed E-state index contributed by atoms with van der Waals surface area (Å²) in [7, 11) is 0. The largest absolute Gasteiger partial charge is 0.428 e. The molecule has 1 aliphatic rings. The molecule has 0 saturated heterocycles. The Balaban J connectivity index is 2.20. The van der Waals surface area contributed by atoms with Gasteiger partial charge in [0.25, 0.3) is 6.23 Å². The highest BCUT2D eigenvalue weighted by atomic mass is 16.6. The summed E-state index contributed by atoms with van der Waals surface area (Å²) in [6.45, 7) is 3.17. The summed E-state index contributed by atoms with van der Waals surface area (Å²) in [6, 6.07) is 7.34. The third-order valence-electron chi connectivity index (χ3n) is 2.21. The van der Waals surface area contributed by atoms with E-state index in [9.17, 15) is 9.59 Å². The van der Waals surface area contributed by atoms with E-state index in [1.807, 2.05) is 19.1 Å². The molecule has 0 amide bonds. The fourth-order valence-corrected chi connectivity index (χ4v) is 1.39. The highest BCUT2D eigenvalue weighted by Crippen LogP contribution is 2.15. The van der Waals surface area contributed by atoms with E-state index < -0.39 is 18.2 Å². The van der Waals surface area contributed by atoms with E-state index in [1.54, 1.807) is 12.1 Å². The standard InChI is InChI=1S/C12H11NO4/c1-7-3-5-9(6-4-7)10-13-11(12(15)17-10)16-8(2)14/h3-6,11H,1-2H3. The lowest BCUT2D eigenvalue weighted by Crippen LogP contribution is -2.21. The summed E-state index contributed by atoms with van der Waals surface area (Å²) in [5, 5.41) is 0. The molecule has 1 aromatic carbocycles. The lowest BCUT2D eigenvalue weighted by molar-refractivity contribution is -0.158. The van der Waals surface area contributed by atoms with Crippen molar-refractivity contribution in [3.8, 4) is 0 Å². The van der Waals surface area contributed by atoms with Crippen LogP contribution in [0.3, 0.4) is 0 Å². The Morgan fingerprint density at radius 1 is 1.35 bits per heavy atom. The average molecular weight is 233 g/mol.